The Morgan fingerprint density at radius 3 is 2.78 bits per heavy atom. The molecule has 1 aliphatic heterocycles. The average Bonchev–Trinajstić information content (AvgIpc) is 2.94. The van der Waals surface area contributed by atoms with Crippen LogP contribution in [0.3, 0.4) is 0 Å². The van der Waals surface area contributed by atoms with Crippen LogP contribution < -0.4 is 5.73 Å². The Balaban J connectivity index is 1.78. The Bertz CT molecular complexity index is 332. The monoisotopic (exact) mass is 253 g/mol. The lowest BCUT2D eigenvalue weighted by atomic mass is 10.0. The van der Waals surface area contributed by atoms with Gasteiger partial charge in [0, 0.05) is 39.1 Å². The molecule has 0 spiro atoms. The third-order valence-corrected chi connectivity index (χ3v) is 4.14. The average molecular weight is 253 g/mol. The van der Waals surface area contributed by atoms with Crippen molar-refractivity contribution in [2.45, 2.75) is 38.1 Å². The third kappa shape index (κ3) is 2.83. The van der Waals surface area contributed by atoms with Gasteiger partial charge < -0.3 is 15.5 Å². The van der Waals surface area contributed by atoms with Crippen LogP contribution in [0, 0.1) is 5.92 Å². The van der Waals surface area contributed by atoms with E-state index in [1.54, 1.807) is 4.90 Å². The molecule has 18 heavy (non-hydrogen) atoms. The number of hydrogen-bond donors (Lipinski definition) is 1. The van der Waals surface area contributed by atoms with Gasteiger partial charge in [0.15, 0.2) is 0 Å². The van der Waals surface area contributed by atoms with Gasteiger partial charge in [-0.15, -0.1) is 0 Å². The highest BCUT2D eigenvalue weighted by Gasteiger charge is 2.32. The molecule has 1 aliphatic carbocycles. The molecule has 0 aromatic carbocycles. The van der Waals surface area contributed by atoms with Crippen LogP contribution in [0.4, 0.5) is 0 Å². The first-order valence-corrected chi connectivity index (χ1v) is 6.88. The predicted octanol–water partition coefficient (Wildman–Crippen LogP) is 0.195. The highest BCUT2D eigenvalue weighted by Crippen LogP contribution is 2.25. The zero-order valence-corrected chi connectivity index (χ0v) is 11.1. The molecular formula is C13H23N3O2. The fourth-order valence-electron chi connectivity index (χ4n) is 2.90. The van der Waals surface area contributed by atoms with E-state index in [-0.39, 0.29) is 23.8 Å². The summed E-state index contributed by atoms with van der Waals surface area (Å²) in [5.74, 6) is 0.351. The fraction of sp³-hybridized carbons (Fsp3) is 0.846. The lowest BCUT2D eigenvalue weighted by Gasteiger charge is -2.25. The van der Waals surface area contributed by atoms with Crippen LogP contribution >= 0.6 is 0 Å². The summed E-state index contributed by atoms with van der Waals surface area (Å²) >= 11 is 0. The van der Waals surface area contributed by atoms with E-state index in [0.29, 0.717) is 19.5 Å². The molecule has 2 aliphatic rings. The number of likely N-dealkylation sites (N-methyl/N-ethyl adjacent to an activating group) is 1. The molecule has 2 amide bonds. The summed E-state index contributed by atoms with van der Waals surface area (Å²) in [6.07, 6.45) is 4.52. The van der Waals surface area contributed by atoms with Gasteiger partial charge in [-0.05, 0) is 19.3 Å². The Labute approximate surface area is 108 Å². The van der Waals surface area contributed by atoms with Crippen LogP contribution in [0.1, 0.15) is 32.1 Å². The number of carbonyl (C=O) groups is 2. The molecule has 1 saturated carbocycles. The molecule has 102 valence electrons. The standard InChI is InChI=1S/C13H23N3O2/c1-15(8-9-16-7-3-6-12(16)17)13(18)10-4-2-5-11(10)14/h10-11H,2-9,14H2,1H3/t10-,11-/m1/s1. The Kier molecular flexibility index (Phi) is 4.22. The van der Waals surface area contributed by atoms with Crippen LogP contribution in [0.25, 0.3) is 0 Å². The summed E-state index contributed by atoms with van der Waals surface area (Å²) in [5, 5.41) is 0. The van der Waals surface area contributed by atoms with Crippen LogP contribution in [-0.4, -0.2) is 54.3 Å². The molecule has 2 N–H and O–H groups in total. The van der Waals surface area contributed by atoms with Gasteiger partial charge in [-0.25, -0.2) is 0 Å². The molecular weight excluding hydrogens is 230 g/mol. The lowest BCUT2D eigenvalue weighted by Crippen LogP contribution is -2.43. The van der Waals surface area contributed by atoms with E-state index in [1.165, 1.54) is 0 Å². The van der Waals surface area contributed by atoms with E-state index in [9.17, 15) is 9.59 Å². The second-order valence-corrected chi connectivity index (χ2v) is 5.45. The predicted molar refractivity (Wildman–Crippen MR) is 68.8 cm³/mol. The van der Waals surface area contributed by atoms with Crippen molar-refractivity contribution in [1.29, 1.82) is 0 Å². The number of nitrogens with zero attached hydrogens (tertiary/aromatic N) is 2. The van der Waals surface area contributed by atoms with E-state index >= 15 is 0 Å². The fourth-order valence-corrected chi connectivity index (χ4v) is 2.90. The second kappa shape index (κ2) is 5.69. The van der Waals surface area contributed by atoms with Gasteiger partial charge in [-0.3, -0.25) is 9.59 Å². The molecule has 2 rings (SSSR count). The summed E-state index contributed by atoms with van der Waals surface area (Å²) < 4.78 is 0. The first-order chi connectivity index (χ1) is 8.59. The minimum absolute atomic E-state index is 0.00993. The largest absolute Gasteiger partial charge is 0.344 e. The molecule has 0 unspecified atom stereocenters. The molecule has 2 atom stereocenters. The van der Waals surface area contributed by atoms with Gasteiger partial charge in [-0.1, -0.05) is 6.42 Å². The molecule has 1 heterocycles. The zero-order chi connectivity index (χ0) is 13.1. The molecule has 0 bridgehead atoms. The summed E-state index contributed by atoms with van der Waals surface area (Å²) in [6, 6.07) is 0.0216. The number of amides is 2. The number of hydrogen-bond acceptors (Lipinski definition) is 3. The van der Waals surface area contributed by atoms with Crippen LogP contribution in [0.2, 0.25) is 0 Å². The van der Waals surface area contributed by atoms with E-state index in [4.69, 9.17) is 5.73 Å². The highest BCUT2D eigenvalue weighted by molar-refractivity contribution is 5.80. The van der Waals surface area contributed by atoms with Crippen molar-refractivity contribution in [1.82, 2.24) is 9.80 Å². The molecule has 1 saturated heterocycles. The normalized spacial score (nSPS) is 27.9. The van der Waals surface area contributed by atoms with Crippen molar-refractivity contribution >= 4 is 11.8 Å². The first kappa shape index (κ1) is 13.3. The Hall–Kier alpha value is -1.10. The van der Waals surface area contributed by atoms with Gasteiger partial charge >= 0.3 is 0 Å². The molecule has 0 radical (unpaired) electrons. The van der Waals surface area contributed by atoms with E-state index in [1.807, 2.05) is 11.9 Å². The number of nitrogens with two attached hydrogens (primary N) is 1. The number of carbonyl (C=O) groups excluding carboxylic acids is 2. The quantitative estimate of drug-likeness (QED) is 0.778. The topological polar surface area (TPSA) is 66.6 Å². The molecule has 0 aromatic rings. The molecule has 2 fully saturated rings. The maximum atomic E-state index is 12.2. The van der Waals surface area contributed by atoms with Crippen molar-refractivity contribution in [3.05, 3.63) is 0 Å². The van der Waals surface area contributed by atoms with Crippen molar-refractivity contribution < 1.29 is 9.59 Å². The number of rotatable bonds is 4. The Morgan fingerprint density at radius 2 is 2.22 bits per heavy atom. The summed E-state index contributed by atoms with van der Waals surface area (Å²) in [5.41, 5.74) is 5.95. The third-order valence-electron chi connectivity index (χ3n) is 4.14. The smallest absolute Gasteiger partial charge is 0.227 e. The maximum Gasteiger partial charge on any atom is 0.227 e. The van der Waals surface area contributed by atoms with E-state index in [2.05, 4.69) is 0 Å². The van der Waals surface area contributed by atoms with Crippen molar-refractivity contribution in [3.8, 4) is 0 Å². The Morgan fingerprint density at radius 1 is 1.44 bits per heavy atom. The van der Waals surface area contributed by atoms with E-state index in [0.717, 1.165) is 32.2 Å². The molecule has 5 nitrogen and oxygen atoms in total. The van der Waals surface area contributed by atoms with Crippen LogP contribution in [0.5, 0.6) is 0 Å². The first-order valence-electron chi connectivity index (χ1n) is 6.88. The summed E-state index contributed by atoms with van der Waals surface area (Å²) in [7, 11) is 1.81. The van der Waals surface area contributed by atoms with Gasteiger partial charge in [0.25, 0.3) is 0 Å². The number of likely N-dealkylation sites (tertiary alicyclic amines) is 1. The lowest BCUT2D eigenvalue weighted by molar-refractivity contribution is -0.136. The van der Waals surface area contributed by atoms with Crippen LogP contribution in [-0.2, 0) is 9.59 Å². The highest BCUT2D eigenvalue weighted by atomic mass is 16.2. The second-order valence-electron chi connectivity index (χ2n) is 5.45. The maximum absolute atomic E-state index is 12.2. The van der Waals surface area contributed by atoms with Crippen molar-refractivity contribution in [3.63, 3.8) is 0 Å². The van der Waals surface area contributed by atoms with Gasteiger partial charge in [0.05, 0.1) is 5.92 Å². The minimum Gasteiger partial charge on any atom is -0.344 e. The van der Waals surface area contributed by atoms with Crippen molar-refractivity contribution in [2.24, 2.45) is 11.7 Å². The summed E-state index contributed by atoms with van der Waals surface area (Å²) in [6.45, 7) is 2.11. The molecule has 0 aromatic heterocycles. The van der Waals surface area contributed by atoms with E-state index < -0.39 is 0 Å². The van der Waals surface area contributed by atoms with Crippen molar-refractivity contribution in [2.75, 3.05) is 26.7 Å². The van der Waals surface area contributed by atoms with Gasteiger partial charge in [-0.2, -0.15) is 0 Å². The SMILES string of the molecule is CN(CCN1CCCC1=O)C(=O)[C@@H]1CCC[C@H]1N. The van der Waals surface area contributed by atoms with Crippen LogP contribution in [0.15, 0.2) is 0 Å². The van der Waals surface area contributed by atoms with Gasteiger partial charge in [0.1, 0.15) is 0 Å². The van der Waals surface area contributed by atoms with Gasteiger partial charge in [0.2, 0.25) is 11.8 Å². The molecule has 5 heteroatoms. The zero-order valence-electron chi connectivity index (χ0n) is 11.1. The minimum atomic E-state index is -0.00993. The summed E-state index contributed by atoms with van der Waals surface area (Å²) in [4.78, 5) is 27.2.